The first-order valence-corrected chi connectivity index (χ1v) is 8.62. The van der Waals surface area contributed by atoms with Gasteiger partial charge < -0.3 is 5.32 Å². The number of thiophene rings is 1. The van der Waals surface area contributed by atoms with E-state index in [2.05, 4.69) is 46.2 Å². The molecule has 1 heterocycles. The Morgan fingerprint density at radius 2 is 2.05 bits per heavy atom. The molecular formula is C16H19N3S2. The predicted molar refractivity (Wildman–Crippen MR) is 95.2 cm³/mol. The van der Waals surface area contributed by atoms with E-state index in [9.17, 15) is 0 Å². The Morgan fingerprint density at radius 1 is 1.24 bits per heavy atom. The molecule has 1 aromatic heterocycles. The van der Waals surface area contributed by atoms with E-state index in [0.717, 1.165) is 4.88 Å². The molecule has 21 heavy (non-hydrogen) atoms. The minimum Gasteiger partial charge on any atom is -0.359 e. The Hall–Kier alpha value is -1.46. The predicted octanol–water partition coefficient (Wildman–Crippen LogP) is 4.03. The van der Waals surface area contributed by atoms with Gasteiger partial charge in [0.1, 0.15) is 0 Å². The second kappa shape index (κ2) is 7.00. The van der Waals surface area contributed by atoms with Crippen molar-refractivity contribution in [2.24, 2.45) is 5.10 Å². The van der Waals surface area contributed by atoms with Gasteiger partial charge in [0.2, 0.25) is 0 Å². The summed E-state index contributed by atoms with van der Waals surface area (Å²) in [6.07, 6.45) is 8.20. The van der Waals surface area contributed by atoms with Crippen LogP contribution in [0.5, 0.6) is 0 Å². The van der Waals surface area contributed by atoms with E-state index >= 15 is 0 Å². The van der Waals surface area contributed by atoms with Gasteiger partial charge in [0.05, 0.1) is 6.21 Å². The van der Waals surface area contributed by atoms with E-state index in [-0.39, 0.29) is 0 Å². The number of hydrazone groups is 1. The summed E-state index contributed by atoms with van der Waals surface area (Å²) in [7, 11) is 0. The molecule has 5 heteroatoms. The largest absolute Gasteiger partial charge is 0.359 e. The number of hydrogen-bond donors (Lipinski definition) is 2. The van der Waals surface area contributed by atoms with Crippen LogP contribution in [-0.4, -0.2) is 17.4 Å². The van der Waals surface area contributed by atoms with Crippen LogP contribution in [0.4, 0.5) is 0 Å². The van der Waals surface area contributed by atoms with Gasteiger partial charge in [-0.25, -0.2) is 0 Å². The Morgan fingerprint density at radius 3 is 2.86 bits per heavy atom. The Kier molecular flexibility index (Phi) is 4.83. The number of fused-ring (bicyclic) bond motifs is 1. The standard InChI is InChI=1S/C16H19N3S2/c20-16(18-13-7-2-1-3-8-13)19-17-11-14-10-12-6-4-5-9-15(12)21-14/h4-6,9-11,13H,1-3,7-8H2,(H2,18,19,20). The third-order valence-electron chi connectivity index (χ3n) is 3.74. The molecule has 3 rings (SSSR count). The highest BCUT2D eigenvalue weighted by Crippen LogP contribution is 2.23. The fourth-order valence-corrected chi connectivity index (χ4v) is 3.84. The summed E-state index contributed by atoms with van der Waals surface area (Å²) >= 11 is 7.01. The van der Waals surface area contributed by atoms with E-state index < -0.39 is 0 Å². The van der Waals surface area contributed by atoms with Crippen LogP contribution in [0.2, 0.25) is 0 Å². The molecule has 1 fully saturated rings. The lowest BCUT2D eigenvalue weighted by molar-refractivity contribution is 0.412. The number of rotatable bonds is 3. The van der Waals surface area contributed by atoms with Gasteiger partial charge in [-0.1, -0.05) is 37.5 Å². The third kappa shape index (κ3) is 4.02. The lowest BCUT2D eigenvalue weighted by Crippen LogP contribution is -2.40. The van der Waals surface area contributed by atoms with Crippen LogP contribution >= 0.6 is 23.6 Å². The molecule has 1 aliphatic carbocycles. The fraction of sp³-hybridized carbons (Fsp3) is 0.375. The molecule has 0 unspecified atom stereocenters. The summed E-state index contributed by atoms with van der Waals surface area (Å²) in [6.45, 7) is 0. The average molecular weight is 317 g/mol. The number of hydrogen-bond acceptors (Lipinski definition) is 3. The average Bonchev–Trinajstić information content (AvgIpc) is 2.91. The van der Waals surface area contributed by atoms with Gasteiger partial charge in [-0.15, -0.1) is 11.3 Å². The van der Waals surface area contributed by atoms with Crippen molar-refractivity contribution in [2.75, 3.05) is 0 Å². The monoisotopic (exact) mass is 317 g/mol. The summed E-state index contributed by atoms with van der Waals surface area (Å²) in [5, 5.41) is 9.46. The SMILES string of the molecule is S=C(NN=Cc1cc2ccccc2s1)NC1CCCCC1. The molecular weight excluding hydrogens is 298 g/mol. The van der Waals surface area contributed by atoms with Crippen LogP contribution in [0.25, 0.3) is 10.1 Å². The maximum atomic E-state index is 5.28. The highest BCUT2D eigenvalue weighted by atomic mass is 32.1. The lowest BCUT2D eigenvalue weighted by Gasteiger charge is -2.23. The normalized spacial score (nSPS) is 16.4. The minimum absolute atomic E-state index is 0.512. The molecule has 1 aromatic carbocycles. The molecule has 0 atom stereocenters. The maximum Gasteiger partial charge on any atom is 0.187 e. The first kappa shape index (κ1) is 14.5. The fourth-order valence-electron chi connectivity index (χ4n) is 2.69. The van der Waals surface area contributed by atoms with Crippen LogP contribution in [0, 0.1) is 0 Å². The van der Waals surface area contributed by atoms with Crippen molar-refractivity contribution < 1.29 is 0 Å². The summed E-state index contributed by atoms with van der Waals surface area (Å²) < 4.78 is 1.28. The summed E-state index contributed by atoms with van der Waals surface area (Å²) in [5.74, 6) is 0. The van der Waals surface area contributed by atoms with Gasteiger partial charge >= 0.3 is 0 Å². The lowest BCUT2D eigenvalue weighted by atomic mass is 9.96. The molecule has 0 spiro atoms. The Labute approximate surface area is 134 Å². The van der Waals surface area contributed by atoms with Crippen LogP contribution in [0.15, 0.2) is 35.4 Å². The first-order valence-electron chi connectivity index (χ1n) is 7.39. The van der Waals surface area contributed by atoms with Crippen LogP contribution in [-0.2, 0) is 0 Å². The van der Waals surface area contributed by atoms with Crippen molar-refractivity contribution in [3.63, 3.8) is 0 Å². The number of nitrogens with zero attached hydrogens (tertiary/aromatic N) is 1. The van der Waals surface area contributed by atoms with E-state index in [1.807, 2.05) is 6.21 Å². The molecule has 0 radical (unpaired) electrons. The number of nitrogens with one attached hydrogen (secondary N) is 2. The molecule has 2 aromatic rings. The molecule has 110 valence electrons. The maximum absolute atomic E-state index is 5.28. The van der Waals surface area contributed by atoms with Gasteiger partial charge in [0.25, 0.3) is 0 Å². The number of thiocarbonyl (C=S) groups is 1. The Bertz CT molecular complexity index is 609. The van der Waals surface area contributed by atoms with Gasteiger partial charge in [0, 0.05) is 15.6 Å². The highest BCUT2D eigenvalue weighted by Gasteiger charge is 2.13. The van der Waals surface area contributed by atoms with Crippen molar-refractivity contribution in [1.82, 2.24) is 10.7 Å². The quantitative estimate of drug-likeness (QED) is 0.510. The minimum atomic E-state index is 0.512. The molecule has 3 nitrogen and oxygen atoms in total. The molecule has 2 N–H and O–H groups in total. The van der Waals surface area contributed by atoms with Crippen molar-refractivity contribution in [3.8, 4) is 0 Å². The molecule has 0 amide bonds. The molecule has 0 saturated heterocycles. The van der Waals surface area contributed by atoms with E-state index in [1.54, 1.807) is 11.3 Å². The van der Waals surface area contributed by atoms with Crippen molar-refractivity contribution >= 4 is 45.0 Å². The van der Waals surface area contributed by atoms with E-state index in [1.165, 1.54) is 42.2 Å². The van der Waals surface area contributed by atoms with Crippen LogP contribution in [0.1, 0.15) is 37.0 Å². The zero-order chi connectivity index (χ0) is 14.5. The second-order valence-electron chi connectivity index (χ2n) is 5.36. The van der Waals surface area contributed by atoms with Gasteiger partial charge in [-0.05, 0) is 42.6 Å². The van der Waals surface area contributed by atoms with Gasteiger partial charge in [-0.3, -0.25) is 5.43 Å². The Balaban J connectivity index is 1.52. The number of benzene rings is 1. The highest BCUT2D eigenvalue weighted by molar-refractivity contribution is 7.80. The van der Waals surface area contributed by atoms with E-state index in [4.69, 9.17) is 12.2 Å². The van der Waals surface area contributed by atoms with E-state index in [0.29, 0.717) is 11.2 Å². The zero-order valence-corrected chi connectivity index (χ0v) is 13.5. The third-order valence-corrected chi connectivity index (χ3v) is 5.00. The van der Waals surface area contributed by atoms with Gasteiger partial charge in [0.15, 0.2) is 5.11 Å². The molecule has 1 saturated carbocycles. The molecule has 0 aliphatic heterocycles. The molecule has 0 bridgehead atoms. The molecule has 1 aliphatic rings. The van der Waals surface area contributed by atoms with Crippen molar-refractivity contribution in [1.29, 1.82) is 0 Å². The summed E-state index contributed by atoms with van der Waals surface area (Å²) in [4.78, 5) is 1.13. The topological polar surface area (TPSA) is 36.4 Å². The van der Waals surface area contributed by atoms with Crippen molar-refractivity contribution in [2.45, 2.75) is 38.1 Å². The first-order chi connectivity index (χ1) is 10.3. The summed E-state index contributed by atoms with van der Waals surface area (Å²) in [5.41, 5.74) is 2.92. The zero-order valence-electron chi connectivity index (χ0n) is 11.8. The summed E-state index contributed by atoms with van der Waals surface area (Å²) in [6, 6.07) is 11.0. The van der Waals surface area contributed by atoms with Crippen LogP contribution < -0.4 is 10.7 Å². The second-order valence-corrected chi connectivity index (χ2v) is 6.89. The van der Waals surface area contributed by atoms with Gasteiger partial charge in [-0.2, -0.15) is 5.10 Å². The van der Waals surface area contributed by atoms with Crippen molar-refractivity contribution in [3.05, 3.63) is 35.2 Å². The smallest absolute Gasteiger partial charge is 0.187 e. The van der Waals surface area contributed by atoms with Crippen LogP contribution in [0.3, 0.4) is 0 Å².